The Morgan fingerprint density at radius 2 is 2.45 bits per heavy atom. The fourth-order valence-electron chi connectivity index (χ4n) is 0.631. The van der Waals surface area contributed by atoms with Crippen molar-refractivity contribution in [2.45, 2.75) is 6.42 Å². The third-order valence-corrected chi connectivity index (χ3v) is 1.42. The lowest BCUT2D eigenvalue weighted by atomic mass is 10.3. The molecular formula is C7H4ClFN2. The summed E-state index contributed by atoms with van der Waals surface area (Å²) in [5, 5.41) is 8.26. The molecule has 0 unspecified atom stereocenters. The zero-order chi connectivity index (χ0) is 8.27. The summed E-state index contributed by atoms with van der Waals surface area (Å²) in [5.74, 6) is -0.562. The van der Waals surface area contributed by atoms with Gasteiger partial charge in [0.15, 0.2) is 5.82 Å². The summed E-state index contributed by atoms with van der Waals surface area (Å²) in [6.45, 7) is 0. The molecule has 0 spiro atoms. The zero-order valence-electron chi connectivity index (χ0n) is 5.51. The lowest BCUT2D eigenvalue weighted by Gasteiger charge is -1.94. The second-order valence-corrected chi connectivity index (χ2v) is 2.33. The van der Waals surface area contributed by atoms with Gasteiger partial charge in [-0.1, -0.05) is 11.6 Å². The topological polar surface area (TPSA) is 36.7 Å². The number of rotatable bonds is 1. The van der Waals surface area contributed by atoms with Crippen LogP contribution < -0.4 is 0 Å². The van der Waals surface area contributed by atoms with Gasteiger partial charge in [-0.2, -0.15) is 5.26 Å². The first-order valence-electron chi connectivity index (χ1n) is 2.91. The fraction of sp³-hybridized carbons (Fsp3) is 0.143. The van der Waals surface area contributed by atoms with Gasteiger partial charge in [0.05, 0.1) is 29.4 Å². The molecule has 11 heavy (non-hydrogen) atoms. The predicted molar refractivity (Wildman–Crippen MR) is 38.5 cm³/mol. The molecule has 0 aliphatic rings. The van der Waals surface area contributed by atoms with Crippen molar-refractivity contribution >= 4 is 11.6 Å². The van der Waals surface area contributed by atoms with Gasteiger partial charge in [-0.05, 0) is 6.07 Å². The minimum Gasteiger partial charge on any atom is -0.257 e. The summed E-state index contributed by atoms with van der Waals surface area (Å²) in [7, 11) is 0. The van der Waals surface area contributed by atoms with E-state index in [4.69, 9.17) is 16.9 Å². The fourth-order valence-corrected chi connectivity index (χ4v) is 0.806. The Balaban J connectivity index is 2.98. The van der Waals surface area contributed by atoms with Crippen LogP contribution in [0.2, 0.25) is 5.02 Å². The highest BCUT2D eigenvalue weighted by molar-refractivity contribution is 6.30. The van der Waals surface area contributed by atoms with Crippen LogP contribution in [-0.2, 0) is 6.42 Å². The van der Waals surface area contributed by atoms with Crippen molar-refractivity contribution in [2.24, 2.45) is 0 Å². The molecule has 4 heteroatoms. The number of nitrogens with zero attached hydrogens (tertiary/aromatic N) is 2. The maximum atomic E-state index is 12.5. The second-order valence-electron chi connectivity index (χ2n) is 1.92. The van der Waals surface area contributed by atoms with Crippen molar-refractivity contribution in [3.8, 4) is 6.07 Å². The Hall–Kier alpha value is -1.14. The molecule has 0 bridgehead atoms. The number of halogens is 2. The molecule has 56 valence electrons. The molecule has 0 N–H and O–H groups in total. The van der Waals surface area contributed by atoms with Gasteiger partial charge in [0.2, 0.25) is 0 Å². The van der Waals surface area contributed by atoms with E-state index < -0.39 is 5.82 Å². The van der Waals surface area contributed by atoms with Gasteiger partial charge in [0, 0.05) is 0 Å². The maximum absolute atomic E-state index is 12.5. The largest absolute Gasteiger partial charge is 0.257 e. The normalized spacial score (nSPS) is 9.18. The Morgan fingerprint density at radius 1 is 1.73 bits per heavy atom. The van der Waals surface area contributed by atoms with Crippen LogP contribution in [0.25, 0.3) is 0 Å². The molecule has 0 fully saturated rings. The Bertz CT molecular complexity index is 306. The zero-order valence-corrected chi connectivity index (χ0v) is 6.27. The van der Waals surface area contributed by atoms with E-state index in [9.17, 15) is 4.39 Å². The van der Waals surface area contributed by atoms with Crippen molar-refractivity contribution in [2.75, 3.05) is 0 Å². The third kappa shape index (κ3) is 1.89. The first kappa shape index (κ1) is 7.96. The molecule has 1 aromatic heterocycles. The summed E-state index contributed by atoms with van der Waals surface area (Å²) >= 11 is 5.43. The average molecular weight is 171 g/mol. The molecule has 0 aliphatic carbocycles. The molecule has 0 saturated carbocycles. The highest BCUT2D eigenvalue weighted by Gasteiger charge is 2.00. The van der Waals surface area contributed by atoms with Crippen molar-refractivity contribution < 1.29 is 4.39 Å². The number of nitriles is 1. The molecule has 0 saturated heterocycles. The molecule has 0 aliphatic heterocycles. The van der Waals surface area contributed by atoms with Crippen LogP contribution in [0, 0.1) is 17.1 Å². The predicted octanol–water partition coefficient (Wildman–Crippen LogP) is 1.94. The van der Waals surface area contributed by atoms with Crippen LogP contribution in [0.15, 0.2) is 12.3 Å². The number of aromatic nitrogens is 1. The van der Waals surface area contributed by atoms with E-state index in [1.165, 1.54) is 6.07 Å². The highest BCUT2D eigenvalue weighted by Crippen LogP contribution is 2.13. The standard InChI is InChI=1S/C7H4ClFN2/c8-6-3-5(1-2-10)11-4-7(6)9/h3-4H,1H2. The van der Waals surface area contributed by atoms with E-state index in [-0.39, 0.29) is 11.4 Å². The molecule has 0 atom stereocenters. The summed E-state index contributed by atoms with van der Waals surface area (Å²) in [6, 6.07) is 3.23. The Kier molecular flexibility index (Phi) is 2.40. The minimum atomic E-state index is -0.562. The molecular weight excluding hydrogens is 167 g/mol. The first-order valence-corrected chi connectivity index (χ1v) is 3.28. The third-order valence-electron chi connectivity index (χ3n) is 1.13. The average Bonchev–Trinajstić information content (AvgIpc) is 1.98. The van der Waals surface area contributed by atoms with E-state index in [0.717, 1.165) is 6.20 Å². The molecule has 0 radical (unpaired) electrons. The monoisotopic (exact) mass is 170 g/mol. The lowest BCUT2D eigenvalue weighted by molar-refractivity contribution is 0.620. The van der Waals surface area contributed by atoms with Crippen molar-refractivity contribution in [1.82, 2.24) is 4.98 Å². The van der Waals surface area contributed by atoms with Gasteiger partial charge in [-0.25, -0.2) is 4.39 Å². The Morgan fingerprint density at radius 3 is 3.00 bits per heavy atom. The van der Waals surface area contributed by atoms with Crippen LogP contribution in [0.5, 0.6) is 0 Å². The van der Waals surface area contributed by atoms with Crippen molar-refractivity contribution in [1.29, 1.82) is 5.26 Å². The number of hydrogen-bond donors (Lipinski definition) is 0. The minimum absolute atomic E-state index is 0.00486. The Labute approximate surface area is 68.2 Å². The van der Waals surface area contributed by atoms with Crippen molar-refractivity contribution in [3.63, 3.8) is 0 Å². The van der Waals surface area contributed by atoms with Gasteiger partial charge in [0.1, 0.15) is 0 Å². The molecule has 1 heterocycles. The summed E-state index contributed by atoms with van der Waals surface area (Å²) in [4.78, 5) is 3.65. The van der Waals surface area contributed by atoms with E-state index in [1.54, 1.807) is 0 Å². The maximum Gasteiger partial charge on any atom is 0.160 e. The van der Waals surface area contributed by atoms with Gasteiger partial charge in [-0.3, -0.25) is 4.98 Å². The summed E-state index contributed by atoms with van der Waals surface area (Å²) < 4.78 is 12.5. The summed E-state index contributed by atoms with van der Waals surface area (Å²) in [5.41, 5.74) is 0.485. The molecule has 1 rings (SSSR count). The quantitative estimate of drug-likeness (QED) is 0.646. The second kappa shape index (κ2) is 3.31. The van der Waals surface area contributed by atoms with Crippen LogP contribution >= 0.6 is 11.6 Å². The van der Waals surface area contributed by atoms with Crippen LogP contribution in [0.4, 0.5) is 4.39 Å². The SMILES string of the molecule is N#CCc1cc(Cl)c(F)cn1. The van der Waals surface area contributed by atoms with E-state index in [1.807, 2.05) is 6.07 Å². The van der Waals surface area contributed by atoms with E-state index >= 15 is 0 Å². The molecule has 0 aromatic carbocycles. The smallest absolute Gasteiger partial charge is 0.160 e. The van der Waals surface area contributed by atoms with E-state index in [2.05, 4.69) is 4.98 Å². The van der Waals surface area contributed by atoms with Gasteiger partial charge in [-0.15, -0.1) is 0 Å². The molecule has 2 nitrogen and oxygen atoms in total. The van der Waals surface area contributed by atoms with Crippen molar-refractivity contribution in [3.05, 3.63) is 28.8 Å². The van der Waals surface area contributed by atoms with Crippen LogP contribution in [-0.4, -0.2) is 4.98 Å². The lowest BCUT2D eigenvalue weighted by Crippen LogP contribution is -1.89. The first-order chi connectivity index (χ1) is 5.24. The highest BCUT2D eigenvalue weighted by atomic mass is 35.5. The van der Waals surface area contributed by atoms with Gasteiger partial charge in [0.25, 0.3) is 0 Å². The van der Waals surface area contributed by atoms with Gasteiger partial charge >= 0.3 is 0 Å². The van der Waals surface area contributed by atoms with E-state index in [0.29, 0.717) is 5.69 Å². The van der Waals surface area contributed by atoms with Gasteiger partial charge < -0.3 is 0 Å². The molecule has 1 aromatic rings. The number of pyridine rings is 1. The molecule has 0 amide bonds. The number of hydrogen-bond acceptors (Lipinski definition) is 2. The van der Waals surface area contributed by atoms with Crippen LogP contribution in [0.3, 0.4) is 0 Å². The summed E-state index contributed by atoms with van der Waals surface area (Å²) in [6.07, 6.45) is 1.16. The van der Waals surface area contributed by atoms with Crippen LogP contribution in [0.1, 0.15) is 5.69 Å².